The molecule has 1 fully saturated rings. The summed E-state index contributed by atoms with van der Waals surface area (Å²) in [7, 11) is 0. The van der Waals surface area contributed by atoms with E-state index in [1.807, 2.05) is 0 Å². The molecule has 108 valence electrons. The summed E-state index contributed by atoms with van der Waals surface area (Å²) in [6.45, 7) is 6.76. The Balaban J connectivity index is 1.76. The lowest BCUT2D eigenvalue weighted by atomic mass is 10.1. The highest BCUT2D eigenvalue weighted by Gasteiger charge is 2.20. The van der Waals surface area contributed by atoms with Crippen molar-refractivity contribution in [3.63, 3.8) is 0 Å². The van der Waals surface area contributed by atoms with E-state index in [0.717, 1.165) is 25.0 Å². The van der Waals surface area contributed by atoms with E-state index in [-0.39, 0.29) is 0 Å². The van der Waals surface area contributed by atoms with Crippen LogP contribution in [0.3, 0.4) is 0 Å². The van der Waals surface area contributed by atoms with Gasteiger partial charge in [0.1, 0.15) is 0 Å². The van der Waals surface area contributed by atoms with Crippen LogP contribution in [0.2, 0.25) is 0 Å². The predicted molar refractivity (Wildman–Crippen MR) is 85.9 cm³/mol. The molecule has 1 aliphatic carbocycles. The normalized spacial score (nSPS) is 15.3. The summed E-state index contributed by atoms with van der Waals surface area (Å²) >= 11 is 0. The van der Waals surface area contributed by atoms with E-state index < -0.39 is 0 Å². The Bertz CT molecular complexity index is 564. The van der Waals surface area contributed by atoms with Crippen molar-refractivity contribution in [2.24, 2.45) is 5.92 Å². The first-order valence-corrected chi connectivity index (χ1v) is 8.04. The molecule has 1 heterocycles. The fraction of sp³-hybridized carbons (Fsp3) is 0.556. The molecule has 20 heavy (non-hydrogen) atoms. The quantitative estimate of drug-likeness (QED) is 0.792. The highest BCUT2D eigenvalue weighted by Crippen LogP contribution is 2.24. The first kappa shape index (κ1) is 13.7. The molecule has 1 aromatic heterocycles. The van der Waals surface area contributed by atoms with Gasteiger partial charge in [-0.1, -0.05) is 32.0 Å². The van der Waals surface area contributed by atoms with Gasteiger partial charge in [0.25, 0.3) is 0 Å². The number of aryl methyl sites for hydroxylation is 1. The molecule has 0 aliphatic heterocycles. The molecular formula is C18H26N2. The van der Waals surface area contributed by atoms with Crippen molar-refractivity contribution in [2.75, 3.05) is 0 Å². The zero-order valence-electron chi connectivity index (χ0n) is 12.7. The number of nitrogens with zero attached hydrogens (tertiary/aromatic N) is 1. The molecule has 0 spiro atoms. The van der Waals surface area contributed by atoms with Crippen LogP contribution in [-0.2, 0) is 13.1 Å². The van der Waals surface area contributed by atoms with E-state index in [9.17, 15) is 0 Å². The summed E-state index contributed by atoms with van der Waals surface area (Å²) in [6, 6.07) is 9.72. The standard InChI is InChI=1S/C18H26N2/c1-14(2)5-4-11-20-12-10-15-6-3-7-16(18(15)20)13-19-17-8-9-17/h3,6-7,10,12,14,17,19H,4-5,8-9,11,13H2,1-2H3. The van der Waals surface area contributed by atoms with Gasteiger partial charge in [0.15, 0.2) is 0 Å². The van der Waals surface area contributed by atoms with Crippen LogP contribution in [0.5, 0.6) is 0 Å². The van der Waals surface area contributed by atoms with Gasteiger partial charge in [-0.15, -0.1) is 0 Å². The van der Waals surface area contributed by atoms with Crippen molar-refractivity contribution in [1.29, 1.82) is 0 Å². The number of benzene rings is 1. The van der Waals surface area contributed by atoms with Crippen LogP contribution in [-0.4, -0.2) is 10.6 Å². The van der Waals surface area contributed by atoms with Gasteiger partial charge in [0.05, 0.1) is 5.52 Å². The van der Waals surface area contributed by atoms with E-state index in [1.54, 1.807) is 0 Å². The van der Waals surface area contributed by atoms with Crippen molar-refractivity contribution in [2.45, 2.75) is 58.7 Å². The smallest absolute Gasteiger partial charge is 0.0525 e. The number of rotatable bonds is 7. The zero-order valence-corrected chi connectivity index (χ0v) is 12.7. The molecule has 2 heteroatoms. The highest BCUT2D eigenvalue weighted by atomic mass is 15.0. The van der Waals surface area contributed by atoms with Gasteiger partial charge >= 0.3 is 0 Å². The molecule has 0 unspecified atom stereocenters. The van der Waals surface area contributed by atoms with Crippen LogP contribution in [0.25, 0.3) is 10.9 Å². The fourth-order valence-electron chi connectivity index (χ4n) is 2.88. The van der Waals surface area contributed by atoms with Crippen LogP contribution in [0.15, 0.2) is 30.5 Å². The van der Waals surface area contributed by atoms with Crippen molar-refractivity contribution in [1.82, 2.24) is 9.88 Å². The molecule has 3 rings (SSSR count). The number of fused-ring (bicyclic) bond motifs is 1. The Morgan fingerprint density at radius 3 is 2.85 bits per heavy atom. The summed E-state index contributed by atoms with van der Waals surface area (Å²) in [6.07, 6.45) is 7.54. The molecular weight excluding hydrogens is 244 g/mol. The lowest BCUT2D eigenvalue weighted by Gasteiger charge is -2.11. The minimum absolute atomic E-state index is 0.773. The lowest BCUT2D eigenvalue weighted by molar-refractivity contribution is 0.517. The van der Waals surface area contributed by atoms with Crippen molar-refractivity contribution in [3.8, 4) is 0 Å². The second-order valence-electron chi connectivity index (χ2n) is 6.56. The number of aromatic nitrogens is 1. The van der Waals surface area contributed by atoms with Crippen molar-refractivity contribution in [3.05, 3.63) is 36.0 Å². The summed E-state index contributed by atoms with van der Waals surface area (Å²) in [4.78, 5) is 0. The number of hydrogen-bond donors (Lipinski definition) is 1. The summed E-state index contributed by atoms with van der Waals surface area (Å²) in [5.74, 6) is 0.799. The van der Waals surface area contributed by atoms with Crippen LogP contribution in [0, 0.1) is 5.92 Å². The highest BCUT2D eigenvalue weighted by molar-refractivity contribution is 5.83. The van der Waals surface area contributed by atoms with Gasteiger partial charge in [-0.05, 0) is 48.6 Å². The minimum atomic E-state index is 0.773. The fourth-order valence-corrected chi connectivity index (χ4v) is 2.88. The summed E-state index contributed by atoms with van der Waals surface area (Å²) in [5.41, 5.74) is 2.88. The second kappa shape index (κ2) is 6.01. The molecule has 1 saturated carbocycles. The maximum absolute atomic E-state index is 3.64. The van der Waals surface area contributed by atoms with Gasteiger partial charge < -0.3 is 9.88 Å². The molecule has 1 aliphatic rings. The van der Waals surface area contributed by atoms with E-state index >= 15 is 0 Å². The van der Waals surface area contributed by atoms with Gasteiger partial charge in [-0.3, -0.25) is 0 Å². The molecule has 0 saturated heterocycles. The molecule has 0 amide bonds. The van der Waals surface area contributed by atoms with Gasteiger partial charge in [-0.25, -0.2) is 0 Å². The van der Waals surface area contributed by atoms with Crippen LogP contribution in [0.4, 0.5) is 0 Å². The third kappa shape index (κ3) is 3.24. The third-order valence-corrected chi connectivity index (χ3v) is 4.21. The maximum Gasteiger partial charge on any atom is 0.0525 e. The number of nitrogens with one attached hydrogen (secondary N) is 1. The Morgan fingerprint density at radius 1 is 1.25 bits per heavy atom. The summed E-state index contributed by atoms with van der Waals surface area (Å²) in [5, 5.41) is 5.02. The second-order valence-corrected chi connectivity index (χ2v) is 6.56. The van der Waals surface area contributed by atoms with E-state index in [0.29, 0.717) is 0 Å². The average Bonchev–Trinajstić information content (AvgIpc) is 3.17. The van der Waals surface area contributed by atoms with Crippen molar-refractivity contribution < 1.29 is 0 Å². The predicted octanol–water partition coefficient (Wildman–Crippen LogP) is 4.33. The van der Waals surface area contributed by atoms with E-state index in [4.69, 9.17) is 0 Å². The van der Waals surface area contributed by atoms with Crippen LogP contribution >= 0.6 is 0 Å². The average molecular weight is 270 g/mol. The largest absolute Gasteiger partial charge is 0.347 e. The molecule has 0 bridgehead atoms. The molecule has 0 radical (unpaired) electrons. The maximum atomic E-state index is 3.64. The zero-order chi connectivity index (χ0) is 13.9. The molecule has 2 aromatic rings. The number of para-hydroxylation sites is 1. The van der Waals surface area contributed by atoms with Crippen molar-refractivity contribution >= 4 is 10.9 Å². The van der Waals surface area contributed by atoms with E-state index in [2.05, 4.69) is 54.2 Å². The third-order valence-electron chi connectivity index (χ3n) is 4.21. The molecule has 2 nitrogen and oxygen atoms in total. The Hall–Kier alpha value is -1.28. The first-order valence-electron chi connectivity index (χ1n) is 8.04. The van der Waals surface area contributed by atoms with E-state index in [1.165, 1.54) is 42.1 Å². The molecule has 1 aromatic carbocycles. The van der Waals surface area contributed by atoms with Gasteiger partial charge in [0.2, 0.25) is 0 Å². The minimum Gasteiger partial charge on any atom is -0.347 e. The van der Waals surface area contributed by atoms with Gasteiger partial charge in [-0.2, -0.15) is 0 Å². The van der Waals surface area contributed by atoms with Crippen LogP contribution in [0.1, 0.15) is 45.1 Å². The van der Waals surface area contributed by atoms with Crippen LogP contribution < -0.4 is 5.32 Å². The number of hydrogen-bond acceptors (Lipinski definition) is 1. The molecule has 1 N–H and O–H groups in total. The topological polar surface area (TPSA) is 17.0 Å². The monoisotopic (exact) mass is 270 g/mol. The first-order chi connectivity index (χ1) is 9.74. The Kier molecular flexibility index (Phi) is 4.11. The van der Waals surface area contributed by atoms with Gasteiger partial charge in [0, 0.05) is 25.3 Å². The SMILES string of the molecule is CC(C)CCCn1ccc2cccc(CNC3CC3)c21. The molecule has 0 atom stereocenters. The Morgan fingerprint density at radius 2 is 2.10 bits per heavy atom. The Labute approximate surface area is 122 Å². The summed E-state index contributed by atoms with van der Waals surface area (Å²) < 4.78 is 2.45. The lowest BCUT2D eigenvalue weighted by Crippen LogP contribution is -2.16.